The highest BCUT2D eigenvalue weighted by Crippen LogP contribution is 1.33. The van der Waals surface area contributed by atoms with E-state index in [4.69, 9.17) is 0 Å². The molecular weight excluding hydrogens is 82.1 g/mol. The van der Waals surface area contributed by atoms with Crippen molar-refractivity contribution < 1.29 is 4.79 Å². The lowest BCUT2D eigenvalue weighted by Crippen LogP contribution is -2.11. The molecule has 1 amide bonds. The number of amides is 1. The van der Waals surface area contributed by atoms with Crippen LogP contribution in [0.25, 0.3) is 0 Å². The highest BCUT2D eigenvalue weighted by Gasteiger charge is 1.61. The van der Waals surface area contributed by atoms with E-state index in [1.54, 1.807) is 0 Å². The van der Waals surface area contributed by atoms with Gasteiger partial charge in [0, 0.05) is 0 Å². The first-order chi connectivity index (χ1) is 2.41. The molecule has 0 aliphatic carbocycles. The molecule has 0 unspecified atom stereocenters. The predicted octanol–water partition coefficient (Wildman–Crippen LogP) is -1.14. The molecule has 0 aromatic rings. The molecule has 0 aliphatic rings. The van der Waals surface area contributed by atoms with E-state index in [0.717, 1.165) is 6.41 Å². The molecule has 5 heavy (non-hydrogen) atoms. The van der Waals surface area contributed by atoms with Crippen molar-refractivity contribution in [2.24, 2.45) is 0 Å². The maximum Gasteiger partial charge on any atom is 0.198 e. The van der Waals surface area contributed by atoms with Crippen molar-refractivity contribution >= 4 is 16.1 Å². The third kappa shape index (κ3) is 3.69. The van der Waals surface area contributed by atoms with Crippen molar-refractivity contribution in [2.45, 2.75) is 6.55 Å². The largest absolute Gasteiger partial charge is 0.390 e. The smallest absolute Gasteiger partial charge is 0.198 e. The van der Waals surface area contributed by atoms with Gasteiger partial charge in [0.05, 0.1) is 0 Å². The Kier molecular flexibility index (Phi) is 3.46. The zero-order chi connectivity index (χ0) is 4.12. The topological polar surface area (TPSA) is 29.1 Å². The van der Waals surface area contributed by atoms with Crippen LogP contribution in [0.5, 0.6) is 0 Å². The van der Waals surface area contributed by atoms with Gasteiger partial charge in [-0.1, -0.05) is 6.55 Å². The monoisotopic (exact) mass is 89.0 g/mol. The second-order valence-corrected chi connectivity index (χ2v) is 1.79. The number of nitrogens with one attached hydrogen (secondary N) is 1. The Bertz CT molecular complexity index is 30.8. The summed E-state index contributed by atoms with van der Waals surface area (Å²) in [5.74, 6) is 0. The lowest BCUT2D eigenvalue weighted by molar-refractivity contribution is -0.108. The van der Waals surface area contributed by atoms with Crippen LogP contribution in [-0.2, 0) is 4.79 Å². The fourth-order valence-corrected chi connectivity index (χ4v) is 0.250. The average Bonchev–Trinajstić information content (AvgIpc) is 1.41. The maximum absolute atomic E-state index is 9.33. The van der Waals surface area contributed by atoms with Crippen LogP contribution in [0.3, 0.4) is 0 Å². The summed E-state index contributed by atoms with van der Waals surface area (Å²) in [5, 5.41) is 0. The third-order valence-corrected chi connectivity index (χ3v) is 0.862. The minimum absolute atomic E-state index is 0.204. The van der Waals surface area contributed by atoms with Crippen LogP contribution < -0.4 is 4.98 Å². The predicted molar refractivity (Wildman–Crippen MR) is 23.6 cm³/mol. The first-order valence-corrected chi connectivity index (χ1v) is 3.71. The van der Waals surface area contributed by atoms with Gasteiger partial charge in [-0.25, -0.2) is 0 Å². The van der Waals surface area contributed by atoms with E-state index >= 15 is 0 Å². The van der Waals surface area contributed by atoms with Gasteiger partial charge in [-0.2, -0.15) is 0 Å². The van der Waals surface area contributed by atoms with Gasteiger partial charge in [-0.05, 0) is 0 Å². The highest BCUT2D eigenvalue weighted by molar-refractivity contribution is 6.33. The summed E-state index contributed by atoms with van der Waals surface area (Å²) in [4.78, 5) is 11.9. The number of rotatable bonds is 2. The molecule has 0 radical (unpaired) electrons. The van der Waals surface area contributed by atoms with Gasteiger partial charge < -0.3 is 4.98 Å². The van der Waals surface area contributed by atoms with Crippen molar-refractivity contribution in [1.29, 1.82) is 0 Å². The molecule has 30 valence electrons. The van der Waals surface area contributed by atoms with Crippen LogP contribution in [-0.4, -0.2) is 16.1 Å². The Morgan fingerprint density at radius 3 is 2.60 bits per heavy atom. The molecule has 2 nitrogen and oxygen atoms in total. The molecular formula is C2H7NOSi. The molecule has 0 saturated carbocycles. The first-order valence-electron chi connectivity index (χ1n) is 1.59. The lowest BCUT2D eigenvalue weighted by Gasteiger charge is -1.77. The minimum Gasteiger partial charge on any atom is -0.390 e. The Labute approximate surface area is 33.5 Å². The number of hydrogen-bond acceptors (Lipinski definition) is 1. The van der Waals surface area contributed by atoms with Crippen molar-refractivity contribution in [3.63, 3.8) is 0 Å². The maximum atomic E-state index is 9.33. The van der Waals surface area contributed by atoms with E-state index in [1.165, 1.54) is 0 Å². The summed E-state index contributed by atoms with van der Waals surface area (Å²) in [7, 11) is -0.204. The molecule has 0 aromatic carbocycles. The summed E-state index contributed by atoms with van der Waals surface area (Å²) in [6.07, 6.45) is 0.742. The number of hydrogen-bond donors (Lipinski definition) is 1. The minimum atomic E-state index is -0.204. The van der Waals surface area contributed by atoms with Gasteiger partial charge in [0.1, 0.15) is 9.68 Å². The van der Waals surface area contributed by atoms with Crippen LogP contribution in [0.15, 0.2) is 0 Å². The van der Waals surface area contributed by atoms with Crippen molar-refractivity contribution in [1.82, 2.24) is 4.98 Å². The van der Waals surface area contributed by atoms with Crippen molar-refractivity contribution in [2.75, 3.05) is 0 Å². The van der Waals surface area contributed by atoms with Crippen LogP contribution in [0.2, 0.25) is 6.55 Å². The Hall–Kier alpha value is -0.313. The second-order valence-electron chi connectivity index (χ2n) is 0.676. The summed E-state index contributed by atoms with van der Waals surface area (Å²) >= 11 is 0. The quantitative estimate of drug-likeness (QED) is 0.336. The van der Waals surface area contributed by atoms with Gasteiger partial charge >= 0.3 is 0 Å². The molecule has 0 spiro atoms. The van der Waals surface area contributed by atoms with Crippen LogP contribution >= 0.6 is 0 Å². The van der Waals surface area contributed by atoms with Crippen molar-refractivity contribution in [3.05, 3.63) is 0 Å². The first kappa shape index (κ1) is 4.69. The summed E-state index contributed by atoms with van der Waals surface area (Å²) in [5.41, 5.74) is 0. The molecule has 0 fully saturated rings. The van der Waals surface area contributed by atoms with Gasteiger partial charge in [0.15, 0.2) is 6.41 Å². The Balaban J connectivity index is 2.40. The van der Waals surface area contributed by atoms with Gasteiger partial charge in [0.25, 0.3) is 0 Å². The fourth-order valence-electron chi connectivity index (χ4n) is 0.0833. The molecule has 0 aromatic heterocycles. The zero-order valence-corrected chi connectivity index (χ0v) is 4.61. The van der Waals surface area contributed by atoms with E-state index in [-0.39, 0.29) is 9.68 Å². The van der Waals surface area contributed by atoms with E-state index in [1.807, 2.05) is 6.55 Å². The zero-order valence-electron chi connectivity index (χ0n) is 3.19. The molecule has 0 heterocycles. The van der Waals surface area contributed by atoms with E-state index in [0.29, 0.717) is 0 Å². The van der Waals surface area contributed by atoms with E-state index in [9.17, 15) is 4.79 Å². The third-order valence-electron chi connectivity index (χ3n) is 0.287. The SMILES string of the molecule is C[SiH2]NC=O. The second kappa shape index (κ2) is 3.69. The Morgan fingerprint density at radius 2 is 2.60 bits per heavy atom. The summed E-state index contributed by atoms with van der Waals surface area (Å²) < 4.78 is 0. The Morgan fingerprint density at radius 1 is 2.00 bits per heavy atom. The molecule has 0 atom stereocenters. The fraction of sp³-hybridized carbons (Fsp3) is 0.500. The molecule has 0 aliphatic heterocycles. The standard InChI is InChI=1S/C2H7NOSi/c1-5-3-2-4/h2H,5H2,1H3,(H,3,4). The molecule has 0 saturated heterocycles. The number of carbonyl (C=O) groups is 1. The van der Waals surface area contributed by atoms with Gasteiger partial charge in [-0.15, -0.1) is 0 Å². The molecule has 0 rings (SSSR count). The molecule has 0 bridgehead atoms. The van der Waals surface area contributed by atoms with Gasteiger partial charge in [-0.3, -0.25) is 4.79 Å². The lowest BCUT2D eigenvalue weighted by atomic mass is 11.5. The average molecular weight is 89.2 g/mol. The molecule has 3 heteroatoms. The van der Waals surface area contributed by atoms with E-state index < -0.39 is 0 Å². The number of carbonyl (C=O) groups excluding carboxylic acids is 1. The molecule has 1 N–H and O–H groups in total. The van der Waals surface area contributed by atoms with Crippen LogP contribution in [0, 0.1) is 0 Å². The van der Waals surface area contributed by atoms with E-state index in [2.05, 4.69) is 4.98 Å². The normalized spacial score (nSPS) is 9.00. The van der Waals surface area contributed by atoms with Crippen LogP contribution in [0.4, 0.5) is 0 Å². The van der Waals surface area contributed by atoms with Crippen molar-refractivity contribution in [3.8, 4) is 0 Å². The summed E-state index contributed by atoms with van der Waals surface area (Å²) in [6, 6.07) is 0. The summed E-state index contributed by atoms with van der Waals surface area (Å²) in [6.45, 7) is 2.01. The van der Waals surface area contributed by atoms with Gasteiger partial charge in [0.2, 0.25) is 0 Å². The van der Waals surface area contributed by atoms with Crippen LogP contribution in [0.1, 0.15) is 0 Å². The highest BCUT2D eigenvalue weighted by atomic mass is 28.2.